The van der Waals surface area contributed by atoms with Crippen molar-refractivity contribution in [3.63, 3.8) is 0 Å². The fourth-order valence-corrected chi connectivity index (χ4v) is 1.50. The van der Waals surface area contributed by atoms with Crippen LogP contribution < -0.4 is 15.4 Å². The number of ether oxygens (including phenoxy) is 1. The summed E-state index contributed by atoms with van der Waals surface area (Å²) in [6, 6.07) is 3.28. The van der Waals surface area contributed by atoms with E-state index < -0.39 is 0 Å². The Hall–Kier alpha value is -1.78. The van der Waals surface area contributed by atoms with Gasteiger partial charge in [0.25, 0.3) is 0 Å². The van der Waals surface area contributed by atoms with E-state index in [4.69, 9.17) is 4.74 Å². The fourth-order valence-electron chi connectivity index (χ4n) is 1.50. The highest BCUT2D eigenvalue weighted by Gasteiger charge is 2.24. The van der Waals surface area contributed by atoms with Crippen molar-refractivity contribution < 1.29 is 9.53 Å². The number of methoxy groups -OCH3 is 1. The molecule has 0 radical (unpaired) electrons. The zero-order chi connectivity index (χ0) is 10.8. The lowest BCUT2D eigenvalue weighted by Crippen LogP contribution is -2.38. The maximum Gasteiger partial charge on any atom is 0.246 e. The summed E-state index contributed by atoms with van der Waals surface area (Å²) in [4.78, 5) is 15.7. The van der Waals surface area contributed by atoms with E-state index in [-0.39, 0.29) is 11.9 Å². The van der Waals surface area contributed by atoms with Crippen LogP contribution in [-0.4, -0.2) is 24.0 Å². The molecule has 0 saturated carbocycles. The average molecular weight is 207 g/mol. The molecule has 1 atom stereocenters. The van der Waals surface area contributed by atoms with Gasteiger partial charge in [-0.3, -0.25) is 4.79 Å². The number of hydrogen-bond donors (Lipinski definition) is 2. The van der Waals surface area contributed by atoms with E-state index in [1.54, 1.807) is 19.2 Å². The van der Waals surface area contributed by atoms with E-state index in [0.717, 1.165) is 6.42 Å². The number of fused-ring (bicyclic) bond motifs is 1. The molecule has 1 aliphatic rings. The highest BCUT2D eigenvalue weighted by atomic mass is 16.5. The lowest BCUT2D eigenvalue weighted by molar-refractivity contribution is -0.117. The first-order valence-corrected chi connectivity index (χ1v) is 4.87. The molecule has 1 aromatic heterocycles. The first kappa shape index (κ1) is 9.76. The van der Waals surface area contributed by atoms with Crippen LogP contribution in [0.5, 0.6) is 5.88 Å². The molecule has 0 aromatic carbocycles. The van der Waals surface area contributed by atoms with Crippen molar-refractivity contribution >= 4 is 17.4 Å². The fraction of sp³-hybridized carbons (Fsp3) is 0.400. The SMILES string of the molecule is CCC1Nc2nc(OC)ccc2NC1=O. The lowest BCUT2D eigenvalue weighted by Gasteiger charge is -2.25. The molecule has 2 heterocycles. The van der Waals surface area contributed by atoms with Crippen LogP contribution in [-0.2, 0) is 4.79 Å². The Bertz CT molecular complexity index is 392. The lowest BCUT2D eigenvalue weighted by atomic mass is 10.1. The molecule has 0 saturated heterocycles. The number of hydrogen-bond acceptors (Lipinski definition) is 4. The third-order valence-corrected chi connectivity index (χ3v) is 2.37. The van der Waals surface area contributed by atoms with Gasteiger partial charge in [0, 0.05) is 6.07 Å². The summed E-state index contributed by atoms with van der Waals surface area (Å²) in [5.74, 6) is 1.19. The highest BCUT2D eigenvalue weighted by Crippen LogP contribution is 2.27. The molecule has 2 N–H and O–H groups in total. The van der Waals surface area contributed by atoms with Crippen molar-refractivity contribution in [1.82, 2.24) is 4.98 Å². The van der Waals surface area contributed by atoms with Crippen LogP contribution in [0.4, 0.5) is 11.5 Å². The van der Waals surface area contributed by atoms with Crippen LogP contribution >= 0.6 is 0 Å². The Balaban J connectivity index is 2.33. The van der Waals surface area contributed by atoms with Gasteiger partial charge in [-0.05, 0) is 12.5 Å². The predicted octanol–water partition coefficient (Wildman–Crippen LogP) is 1.23. The van der Waals surface area contributed by atoms with E-state index in [9.17, 15) is 4.79 Å². The van der Waals surface area contributed by atoms with Crippen LogP contribution in [0.1, 0.15) is 13.3 Å². The molecule has 0 bridgehead atoms. The van der Waals surface area contributed by atoms with Crippen molar-refractivity contribution in [1.29, 1.82) is 0 Å². The molecule has 0 fully saturated rings. The minimum Gasteiger partial charge on any atom is -0.481 e. The van der Waals surface area contributed by atoms with Crippen LogP contribution in [0.2, 0.25) is 0 Å². The molecular formula is C10H13N3O2. The summed E-state index contributed by atoms with van der Waals surface area (Å²) in [7, 11) is 1.56. The van der Waals surface area contributed by atoms with Gasteiger partial charge < -0.3 is 15.4 Å². The number of rotatable bonds is 2. The zero-order valence-electron chi connectivity index (χ0n) is 8.70. The summed E-state index contributed by atoms with van der Waals surface area (Å²) in [5.41, 5.74) is 0.700. The molecule has 1 aliphatic heterocycles. The Morgan fingerprint density at radius 3 is 3.00 bits per heavy atom. The summed E-state index contributed by atoms with van der Waals surface area (Å²) in [6.07, 6.45) is 0.726. The quantitative estimate of drug-likeness (QED) is 0.765. The van der Waals surface area contributed by atoms with Gasteiger partial charge in [0.2, 0.25) is 11.8 Å². The molecule has 80 valence electrons. The van der Waals surface area contributed by atoms with Crippen molar-refractivity contribution in [3.05, 3.63) is 12.1 Å². The monoisotopic (exact) mass is 207 g/mol. The van der Waals surface area contributed by atoms with Gasteiger partial charge in [-0.1, -0.05) is 6.92 Å². The van der Waals surface area contributed by atoms with Crippen molar-refractivity contribution in [3.8, 4) is 5.88 Å². The van der Waals surface area contributed by atoms with E-state index in [0.29, 0.717) is 17.4 Å². The molecule has 0 aliphatic carbocycles. The number of anilines is 2. The molecule has 5 nitrogen and oxygen atoms in total. The van der Waals surface area contributed by atoms with E-state index >= 15 is 0 Å². The molecule has 2 rings (SSSR count). The van der Waals surface area contributed by atoms with Gasteiger partial charge in [-0.2, -0.15) is 4.98 Å². The van der Waals surface area contributed by atoms with Gasteiger partial charge in [0.1, 0.15) is 6.04 Å². The molecule has 1 unspecified atom stereocenters. The number of pyridine rings is 1. The van der Waals surface area contributed by atoms with Crippen LogP contribution in [0.3, 0.4) is 0 Å². The Morgan fingerprint density at radius 2 is 2.33 bits per heavy atom. The van der Waals surface area contributed by atoms with Gasteiger partial charge in [0.05, 0.1) is 12.8 Å². The average Bonchev–Trinajstić information content (AvgIpc) is 2.27. The number of carbonyl (C=O) groups excluding carboxylic acids is 1. The summed E-state index contributed by atoms with van der Waals surface area (Å²) in [6.45, 7) is 1.95. The number of carbonyl (C=O) groups is 1. The molecule has 1 aromatic rings. The second-order valence-electron chi connectivity index (χ2n) is 3.34. The van der Waals surface area contributed by atoms with Crippen LogP contribution in [0.15, 0.2) is 12.1 Å². The Morgan fingerprint density at radius 1 is 1.53 bits per heavy atom. The Labute approximate surface area is 87.8 Å². The van der Waals surface area contributed by atoms with Crippen molar-refractivity contribution in [2.45, 2.75) is 19.4 Å². The van der Waals surface area contributed by atoms with Gasteiger partial charge >= 0.3 is 0 Å². The minimum absolute atomic E-state index is 0.0167. The third kappa shape index (κ3) is 1.72. The molecule has 0 spiro atoms. The van der Waals surface area contributed by atoms with Gasteiger partial charge in [-0.25, -0.2) is 0 Å². The summed E-state index contributed by atoms with van der Waals surface area (Å²) < 4.78 is 5.01. The summed E-state index contributed by atoms with van der Waals surface area (Å²) in [5, 5.41) is 5.86. The number of nitrogens with zero attached hydrogens (tertiary/aromatic N) is 1. The van der Waals surface area contributed by atoms with Crippen molar-refractivity contribution in [2.24, 2.45) is 0 Å². The Kier molecular flexibility index (Phi) is 2.45. The molecule has 5 heteroatoms. The first-order valence-electron chi connectivity index (χ1n) is 4.87. The summed E-state index contributed by atoms with van der Waals surface area (Å²) >= 11 is 0. The second kappa shape index (κ2) is 3.76. The van der Waals surface area contributed by atoms with E-state index in [2.05, 4.69) is 15.6 Å². The van der Waals surface area contributed by atoms with Crippen LogP contribution in [0, 0.1) is 0 Å². The second-order valence-corrected chi connectivity index (χ2v) is 3.34. The minimum atomic E-state index is -0.211. The molecule has 15 heavy (non-hydrogen) atoms. The van der Waals surface area contributed by atoms with Gasteiger partial charge in [-0.15, -0.1) is 0 Å². The smallest absolute Gasteiger partial charge is 0.246 e. The van der Waals surface area contributed by atoms with Crippen molar-refractivity contribution in [2.75, 3.05) is 17.7 Å². The maximum atomic E-state index is 11.5. The zero-order valence-corrected chi connectivity index (χ0v) is 8.70. The molecular weight excluding hydrogens is 194 g/mol. The maximum absolute atomic E-state index is 11.5. The number of nitrogens with one attached hydrogen (secondary N) is 2. The topological polar surface area (TPSA) is 63.3 Å². The molecule has 1 amide bonds. The van der Waals surface area contributed by atoms with Crippen LogP contribution in [0.25, 0.3) is 0 Å². The van der Waals surface area contributed by atoms with Gasteiger partial charge in [0.15, 0.2) is 5.82 Å². The number of aromatic nitrogens is 1. The predicted molar refractivity (Wildman–Crippen MR) is 57.1 cm³/mol. The standard InChI is InChI=1S/C10H13N3O2/c1-3-6-10(14)12-7-4-5-8(15-2)13-9(7)11-6/h4-6H,3H2,1-2H3,(H,11,13)(H,12,14). The normalized spacial score (nSPS) is 18.8. The third-order valence-electron chi connectivity index (χ3n) is 2.37. The first-order chi connectivity index (χ1) is 7.24. The number of amides is 1. The largest absolute Gasteiger partial charge is 0.481 e. The van der Waals surface area contributed by atoms with E-state index in [1.165, 1.54) is 0 Å². The van der Waals surface area contributed by atoms with E-state index in [1.807, 2.05) is 6.92 Å². The highest BCUT2D eigenvalue weighted by molar-refractivity contribution is 6.02.